The van der Waals surface area contributed by atoms with Crippen molar-refractivity contribution in [2.45, 2.75) is 12.3 Å². The molecule has 0 radical (unpaired) electrons. The molecule has 0 aromatic heterocycles. The van der Waals surface area contributed by atoms with Crippen molar-refractivity contribution in [1.29, 1.82) is 0 Å². The van der Waals surface area contributed by atoms with Crippen LogP contribution in [0.2, 0.25) is 0 Å². The van der Waals surface area contributed by atoms with E-state index in [1.54, 1.807) is 12.1 Å². The van der Waals surface area contributed by atoms with Gasteiger partial charge in [0.05, 0.1) is 0 Å². The maximum Gasteiger partial charge on any atom is 0.320 e. The number of carboxylic acids is 1. The molecule has 4 rings (SSSR count). The third kappa shape index (κ3) is 3.72. The minimum atomic E-state index is -1.33. The number of carbonyl (C=O) groups is 2. The zero-order valence-corrected chi connectivity index (χ0v) is 15.6. The van der Waals surface area contributed by atoms with Gasteiger partial charge in [0.1, 0.15) is 12.4 Å². The second-order valence-corrected chi connectivity index (χ2v) is 7.12. The summed E-state index contributed by atoms with van der Waals surface area (Å²) in [5.41, 5.74) is 4.92. The van der Waals surface area contributed by atoms with E-state index in [9.17, 15) is 19.8 Å². The molecule has 0 saturated carbocycles. The molecule has 0 bridgehead atoms. The molecule has 3 aromatic carbocycles. The molecular weight excluding hydrogens is 368 g/mol. The highest BCUT2D eigenvalue weighted by Crippen LogP contribution is 2.44. The number of phenolic OH excluding ortho intramolecular Hbond substituents is 1. The van der Waals surface area contributed by atoms with Crippen LogP contribution in [0.1, 0.15) is 22.6 Å². The Morgan fingerprint density at radius 1 is 0.897 bits per heavy atom. The van der Waals surface area contributed by atoms with Crippen molar-refractivity contribution in [3.63, 3.8) is 0 Å². The SMILES string of the molecule is O=C(O)C(Cc1cccc(O)c1)C(=O)OCC1c2ccccc2-c2ccccc21. The Hall–Kier alpha value is -3.60. The molecule has 2 N–H and O–H groups in total. The van der Waals surface area contributed by atoms with Gasteiger partial charge in [0.25, 0.3) is 0 Å². The topological polar surface area (TPSA) is 83.8 Å². The fourth-order valence-corrected chi connectivity index (χ4v) is 3.90. The number of phenols is 1. The first-order valence-electron chi connectivity index (χ1n) is 9.40. The molecule has 5 nitrogen and oxygen atoms in total. The van der Waals surface area contributed by atoms with E-state index < -0.39 is 17.9 Å². The van der Waals surface area contributed by atoms with Crippen molar-refractivity contribution in [1.82, 2.24) is 0 Å². The van der Waals surface area contributed by atoms with E-state index in [1.807, 2.05) is 48.5 Å². The normalized spacial score (nSPS) is 13.4. The number of rotatable bonds is 6. The van der Waals surface area contributed by atoms with Crippen LogP contribution in [0.15, 0.2) is 72.8 Å². The number of carboxylic acid groups (broad SMARTS) is 1. The van der Waals surface area contributed by atoms with E-state index in [1.165, 1.54) is 12.1 Å². The maximum absolute atomic E-state index is 12.6. The second-order valence-electron chi connectivity index (χ2n) is 7.12. The smallest absolute Gasteiger partial charge is 0.320 e. The van der Waals surface area contributed by atoms with Crippen molar-refractivity contribution in [3.05, 3.63) is 89.5 Å². The second kappa shape index (κ2) is 7.80. The number of benzene rings is 3. The summed E-state index contributed by atoms with van der Waals surface area (Å²) in [4.78, 5) is 24.2. The van der Waals surface area contributed by atoms with Gasteiger partial charge in [-0.25, -0.2) is 0 Å². The molecule has 0 spiro atoms. The number of hydrogen-bond acceptors (Lipinski definition) is 4. The summed E-state index contributed by atoms with van der Waals surface area (Å²) in [5, 5.41) is 19.1. The molecule has 0 amide bonds. The summed E-state index contributed by atoms with van der Waals surface area (Å²) in [5.74, 6) is -3.45. The Labute approximate surface area is 168 Å². The van der Waals surface area contributed by atoms with Crippen LogP contribution in [0, 0.1) is 5.92 Å². The Kier molecular flexibility index (Phi) is 5.04. The van der Waals surface area contributed by atoms with Gasteiger partial charge in [0, 0.05) is 5.92 Å². The molecule has 0 aliphatic heterocycles. The van der Waals surface area contributed by atoms with Crippen LogP contribution in [-0.4, -0.2) is 28.8 Å². The van der Waals surface area contributed by atoms with E-state index in [0.717, 1.165) is 22.3 Å². The Bertz CT molecular complexity index is 1030. The molecule has 0 fully saturated rings. The molecule has 3 aromatic rings. The number of carbonyl (C=O) groups excluding carboxylic acids is 1. The van der Waals surface area contributed by atoms with Crippen molar-refractivity contribution in [2.75, 3.05) is 6.61 Å². The zero-order valence-electron chi connectivity index (χ0n) is 15.6. The first-order chi connectivity index (χ1) is 14.0. The first kappa shape index (κ1) is 18.7. The number of ether oxygens (including phenoxy) is 1. The molecule has 1 aliphatic rings. The fraction of sp³-hybridized carbons (Fsp3) is 0.167. The number of aromatic hydroxyl groups is 1. The summed E-state index contributed by atoms with van der Waals surface area (Å²) in [7, 11) is 0. The third-order valence-electron chi connectivity index (χ3n) is 5.29. The maximum atomic E-state index is 12.6. The monoisotopic (exact) mass is 388 g/mol. The van der Waals surface area contributed by atoms with Gasteiger partial charge in [-0.2, -0.15) is 0 Å². The lowest BCUT2D eigenvalue weighted by molar-refractivity contribution is -0.158. The van der Waals surface area contributed by atoms with Gasteiger partial charge in [-0.1, -0.05) is 60.7 Å². The quantitative estimate of drug-likeness (QED) is 0.493. The molecular formula is C24H20O5. The lowest BCUT2D eigenvalue weighted by atomic mass is 9.97. The first-order valence-corrected chi connectivity index (χ1v) is 9.40. The predicted octanol–water partition coefficient (Wildman–Crippen LogP) is 3.99. The summed E-state index contributed by atoms with van der Waals surface area (Å²) >= 11 is 0. The van der Waals surface area contributed by atoms with Crippen LogP contribution in [-0.2, 0) is 20.7 Å². The lowest BCUT2D eigenvalue weighted by Crippen LogP contribution is -2.29. The average Bonchev–Trinajstić information content (AvgIpc) is 3.04. The minimum absolute atomic E-state index is 0.0270. The average molecular weight is 388 g/mol. The van der Waals surface area contributed by atoms with E-state index in [-0.39, 0.29) is 24.7 Å². The number of fused-ring (bicyclic) bond motifs is 3. The molecule has 146 valence electrons. The molecule has 1 aliphatic carbocycles. The fourth-order valence-electron chi connectivity index (χ4n) is 3.90. The molecule has 1 atom stereocenters. The summed E-state index contributed by atoms with van der Waals surface area (Å²) in [6.07, 6.45) is -0.0413. The van der Waals surface area contributed by atoms with Crippen molar-refractivity contribution in [3.8, 4) is 16.9 Å². The van der Waals surface area contributed by atoms with Gasteiger partial charge in [0.15, 0.2) is 5.92 Å². The highest BCUT2D eigenvalue weighted by Gasteiger charge is 2.32. The zero-order chi connectivity index (χ0) is 20.4. The highest BCUT2D eigenvalue weighted by atomic mass is 16.5. The van der Waals surface area contributed by atoms with Crippen molar-refractivity contribution < 1.29 is 24.5 Å². The van der Waals surface area contributed by atoms with Gasteiger partial charge in [-0.15, -0.1) is 0 Å². The van der Waals surface area contributed by atoms with Crippen LogP contribution in [0.25, 0.3) is 11.1 Å². The van der Waals surface area contributed by atoms with Gasteiger partial charge < -0.3 is 14.9 Å². The molecule has 0 saturated heterocycles. The van der Waals surface area contributed by atoms with Gasteiger partial charge in [-0.3, -0.25) is 9.59 Å². The standard InChI is InChI=1S/C24H20O5/c25-16-7-5-6-15(12-16)13-21(23(26)27)24(28)29-14-22-19-10-3-1-8-17(19)18-9-2-4-11-20(18)22/h1-12,21-22,25H,13-14H2,(H,26,27). The Balaban J connectivity index is 1.52. The Morgan fingerprint density at radius 3 is 2.10 bits per heavy atom. The predicted molar refractivity (Wildman–Crippen MR) is 108 cm³/mol. The summed E-state index contributed by atoms with van der Waals surface area (Å²) in [6.45, 7) is 0.0800. The van der Waals surface area contributed by atoms with E-state index >= 15 is 0 Å². The van der Waals surface area contributed by atoms with Crippen molar-refractivity contribution in [2.24, 2.45) is 5.92 Å². The number of hydrogen-bond donors (Lipinski definition) is 2. The van der Waals surface area contributed by atoms with Crippen molar-refractivity contribution >= 4 is 11.9 Å². The summed E-state index contributed by atoms with van der Waals surface area (Å²) < 4.78 is 5.48. The molecule has 1 unspecified atom stereocenters. The van der Waals surface area contributed by atoms with Crippen LogP contribution >= 0.6 is 0 Å². The van der Waals surface area contributed by atoms with Crippen LogP contribution in [0.3, 0.4) is 0 Å². The largest absolute Gasteiger partial charge is 0.508 e. The molecule has 0 heterocycles. The van der Waals surface area contributed by atoms with E-state index in [2.05, 4.69) is 0 Å². The lowest BCUT2D eigenvalue weighted by Gasteiger charge is -2.17. The van der Waals surface area contributed by atoms with E-state index in [0.29, 0.717) is 5.56 Å². The van der Waals surface area contributed by atoms with Gasteiger partial charge in [0.2, 0.25) is 0 Å². The highest BCUT2D eigenvalue weighted by molar-refractivity contribution is 5.94. The molecule has 5 heteroatoms. The summed E-state index contributed by atoms with van der Waals surface area (Å²) in [6, 6.07) is 22.2. The van der Waals surface area contributed by atoms with Crippen LogP contribution < -0.4 is 0 Å². The number of esters is 1. The minimum Gasteiger partial charge on any atom is -0.508 e. The Morgan fingerprint density at radius 2 is 1.52 bits per heavy atom. The third-order valence-corrected chi connectivity index (χ3v) is 5.29. The van der Waals surface area contributed by atoms with Crippen LogP contribution in [0.4, 0.5) is 0 Å². The van der Waals surface area contributed by atoms with Gasteiger partial charge >= 0.3 is 11.9 Å². The van der Waals surface area contributed by atoms with Gasteiger partial charge in [-0.05, 0) is 46.4 Å². The number of aliphatic carboxylic acids is 1. The van der Waals surface area contributed by atoms with Crippen LogP contribution in [0.5, 0.6) is 5.75 Å². The molecule has 29 heavy (non-hydrogen) atoms. The van der Waals surface area contributed by atoms with E-state index in [4.69, 9.17) is 4.74 Å².